The molecule has 0 spiro atoms. The van der Waals surface area contributed by atoms with Crippen molar-refractivity contribution >= 4 is 11.8 Å². The first-order valence-electron chi connectivity index (χ1n) is 6.14. The van der Waals surface area contributed by atoms with E-state index in [9.17, 15) is 4.39 Å². The van der Waals surface area contributed by atoms with Crippen LogP contribution in [0.2, 0.25) is 0 Å². The standard InChI is InChI=1S/C13H16FN3OS/c1-3-15-9(2)13-16-12(17-18-13)8-19-11-7-5-4-6-10(11)14/h4-7,9,15H,3,8H2,1-2H3. The van der Waals surface area contributed by atoms with Crippen molar-refractivity contribution < 1.29 is 8.91 Å². The first-order chi connectivity index (χ1) is 9.20. The van der Waals surface area contributed by atoms with Gasteiger partial charge in [0.15, 0.2) is 5.82 Å². The Morgan fingerprint density at radius 1 is 1.42 bits per heavy atom. The molecule has 0 saturated carbocycles. The Balaban J connectivity index is 1.95. The van der Waals surface area contributed by atoms with Crippen LogP contribution in [-0.4, -0.2) is 16.7 Å². The summed E-state index contributed by atoms with van der Waals surface area (Å²) in [5, 5.41) is 7.09. The first-order valence-corrected chi connectivity index (χ1v) is 7.12. The summed E-state index contributed by atoms with van der Waals surface area (Å²) in [7, 11) is 0. The van der Waals surface area contributed by atoms with Crippen molar-refractivity contribution in [2.75, 3.05) is 6.54 Å². The van der Waals surface area contributed by atoms with E-state index in [4.69, 9.17) is 4.52 Å². The van der Waals surface area contributed by atoms with Crippen molar-refractivity contribution in [3.8, 4) is 0 Å². The number of nitrogens with one attached hydrogen (secondary N) is 1. The monoisotopic (exact) mass is 281 g/mol. The van der Waals surface area contributed by atoms with Crippen LogP contribution >= 0.6 is 11.8 Å². The van der Waals surface area contributed by atoms with E-state index in [1.165, 1.54) is 17.8 Å². The van der Waals surface area contributed by atoms with Crippen LogP contribution < -0.4 is 5.32 Å². The Kier molecular flexibility index (Phi) is 4.93. The number of rotatable bonds is 6. The molecule has 6 heteroatoms. The zero-order chi connectivity index (χ0) is 13.7. The van der Waals surface area contributed by atoms with Gasteiger partial charge in [-0.05, 0) is 25.6 Å². The second kappa shape index (κ2) is 6.68. The highest BCUT2D eigenvalue weighted by Crippen LogP contribution is 2.24. The fourth-order valence-corrected chi connectivity index (χ4v) is 2.38. The maximum Gasteiger partial charge on any atom is 0.243 e. The molecule has 0 aliphatic heterocycles. The van der Waals surface area contributed by atoms with Gasteiger partial charge in [-0.25, -0.2) is 4.39 Å². The van der Waals surface area contributed by atoms with Crippen LogP contribution in [0.15, 0.2) is 33.7 Å². The van der Waals surface area contributed by atoms with Gasteiger partial charge in [-0.2, -0.15) is 4.98 Å². The molecule has 0 saturated heterocycles. The summed E-state index contributed by atoms with van der Waals surface area (Å²) in [6.07, 6.45) is 0. The maximum atomic E-state index is 13.4. The number of benzene rings is 1. The topological polar surface area (TPSA) is 51.0 Å². The highest BCUT2D eigenvalue weighted by atomic mass is 32.2. The maximum absolute atomic E-state index is 13.4. The van der Waals surface area contributed by atoms with Crippen LogP contribution in [-0.2, 0) is 5.75 Å². The van der Waals surface area contributed by atoms with Gasteiger partial charge in [-0.3, -0.25) is 0 Å². The van der Waals surface area contributed by atoms with E-state index >= 15 is 0 Å². The van der Waals surface area contributed by atoms with E-state index in [0.717, 1.165) is 6.54 Å². The molecule has 19 heavy (non-hydrogen) atoms. The molecule has 0 amide bonds. The number of halogens is 1. The summed E-state index contributed by atoms with van der Waals surface area (Å²) in [5.41, 5.74) is 0. The summed E-state index contributed by atoms with van der Waals surface area (Å²) in [5.74, 6) is 1.40. The largest absolute Gasteiger partial charge is 0.338 e. The van der Waals surface area contributed by atoms with Crippen LogP contribution in [0.1, 0.15) is 31.6 Å². The smallest absolute Gasteiger partial charge is 0.243 e. The molecule has 1 heterocycles. The van der Waals surface area contributed by atoms with Gasteiger partial charge in [0.05, 0.1) is 11.8 Å². The fourth-order valence-electron chi connectivity index (χ4n) is 1.60. The van der Waals surface area contributed by atoms with Crippen LogP contribution in [0.4, 0.5) is 4.39 Å². The Morgan fingerprint density at radius 2 is 2.21 bits per heavy atom. The molecule has 2 rings (SSSR count). The quantitative estimate of drug-likeness (QED) is 0.824. The van der Waals surface area contributed by atoms with Gasteiger partial charge in [-0.15, -0.1) is 11.8 Å². The minimum atomic E-state index is -0.225. The normalized spacial score (nSPS) is 12.6. The van der Waals surface area contributed by atoms with E-state index in [1.807, 2.05) is 13.8 Å². The lowest BCUT2D eigenvalue weighted by molar-refractivity contribution is 0.339. The Bertz CT molecular complexity index is 532. The third kappa shape index (κ3) is 3.78. The lowest BCUT2D eigenvalue weighted by Crippen LogP contribution is -2.17. The second-order valence-electron chi connectivity index (χ2n) is 4.05. The summed E-state index contributed by atoms with van der Waals surface area (Å²) in [6.45, 7) is 4.81. The van der Waals surface area contributed by atoms with Gasteiger partial charge in [0.2, 0.25) is 5.89 Å². The van der Waals surface area contributed by atoms with Crippen LogP contribution in [0.5, 0.6) is 0 Å². The summed E-state index contributed by atoms with van der Waals surface area (Å²) in [4.78, 5) is 4.88. The number of hydrogen-bond acceptors (Lipinski definition) is 5. The molecule has 102 valence electrons. The molecule has 0 aliphatic rings. The highest BCUT2D eigenvalue weighted by molar-refractivity contribution is 7.98. The van der Waals surface area contributed by atoms with Crippen LogP contribution in [0.3, 0.4) is 0 Å². The number of hydrogen-bond donors (Lipinski definition) is 1. The molecule has 1 atom stereocenters. The van der Waals surface area contributed by atoms with Gasteiger partial charge >= 0.3 is 0 Å². The Morgan fingerprint density at radius 3 is 2.95 bits per heavy atom. The molecule has 4 nitrogen and oxygen atoms in total. The van der Waals surface area contributed by atoms with E-state index in [0.29, 0.717) is 22.4 Å². The summed E-state index contributed by atoms with van der Waals surface area (Å²) >= 11 is 1.36. The van der Waals surface area contributed by atoms with Gasteiger partial charge in [0.25, 0.3) is 0 Å². The molecular formula is C13H16FN3OS. The molecule has 1 aromatic heterocycles. The zero-order valence-electron chi connectivity index (χ0n) is 10.9. The zero-order valence-corrected chi connectivity index (χ0v) is 11.7. The lowest BCUT2D eigenvalue weighted by Gasteiger charge is -2.05. The van der Waals surface area contributed by atoms with Crippen molar-refractivity contribution in [2.24, 2.45) is 0 Å². The predicted molar refractivity (Wildman–Crippen MR) is 72.4 cm³/mol. The molecule has 1 unspecified atom stereocenters. The van der Waals surface area contributed by atoms with Gasteiger partial charge < -0.3 is 9.84 Å². The van der Waals surface area contributed by atoms with Crippen molar-refractivity contribution in [2.45, 2.75) is 30.5 Å². The Labute approximate surface area is 115 Å². The summed E-state index contributed by atoms with van der Waals surface area (Å²) in [6, 6.07) is 6.69. The highest BCUT2D eigenvalue weighted by Gasteiger charge is 2.13. The molecule has 0 bridgehead atoms. The van der Waals surface area contributed by atoms with Gasteiger partial charge in [0, 0.05) is 4.90 Å². The molecule has 0 fully saturated rings. The third-order valence-electron chi connectivity index (χ3n) is 2.56. The fraction of sp³-hybridized carbons (Fsp3) is 0.385. The second-order valence-corrected chi connectivity index (χ2v) is 5.06. The van der Waals surface area contributed by atoms with E-state index in [1.54, 1.807) is 18.2 Å². The minimum absolute atomic E-state index is 0.0321. The Hall–Kier alpha value is -1.40. The molecule has 0 aliphatic carbocycles. The van der Waals surface area contributed by atoms with E-state index in [-0.39, 0.29) is 11.9 Å². The van der Waals surface area contributed by atoms with E-state index < -0.39 is 0 Å². The summed E-state index contributed by atoms with van der Waals surface area (Å²) < 4.78 is 18.6. The third-order valence-corrected chi connectivity index (χ3v) is 3.60. The van der Waals surface area contributed by atoms with Crippen molar-refractivity contribution in [1.29, 1.82) is 0 Å². The van der Waals surface area contributed by atoms with E-state index in [2.05, 4.69) is 15.5 Å². The molecule has 0 radical (unpaired) electrons. The lowest BCUT2D eigenvalue weighted by atomic mass is 10.3. The van der Waals surface area contributed by atoms with Crippen LogP contribution in [0, 0.1) is 5.82 Å². The average molecular weight is 281 g/mol. The molecule has 2 aromatic rings. The average Bonchev–Trinajstić information content (AvgIpc) is 2.87. The minimum Gasteiger partial charge on any atom is -0.338 e. The molecule has 1 aromatic carbocycles. The van der Waals surface area contributed by atoms with Gasteiger partial charge in [-0.1, -0.05) is 24.2 Å². The number of aromatic nitrogens is 2. The van der Waals surface area contributed by atoms with Gasteiger partial charge in [0.1, 0.15) is 5.82 Å². The van der Waals surface area contributed by atoms with Crippen molar-refractivity contribution in [1.82, 2.24) is 15.5 Å². The molecule has 1 N–H and O–H groups in total. The SMILES string of the molecule is CCNC(C)c1nc(CSc2ccccc2F)no1. The molecular weight excluding hydrogens is 265 g/mol. The number of thioether (sulfide) groups is 1. The van der Waals surface area contributed by atoms with Crippen molar-refractivity contribution in [3.05, 3.63) is 41.8 Å². The first kappa shape index (κ1) is 14.0. The predicted octanol–water partition coefficient (Wildman–Crippen LogP) is 3.17. The van der Waals surface area contributed by atoms with Crippen LogP contribution in [0.25, 0.3) is 0 Å². The van der Waals surface area contributed by atoms with Crippen molar-refractivity contribution in [3.63, 3.8) is 0 Å². The number of nitrogens with zero attached hydrogens (tertiary/aromatic N) is 2.